The van der Waals surface area contributed by atoms with Gasteiger partial charge in [0.2, 0.25) is 0 Å². The summed E-state index contributed by atoms with van der Waals surface area (Å²) in [5, 5.41) is 9.72. The molecule has 4 heteroatoms. The van der Waals surface area contributed by atoms with Gasteiger partial charge in [-0.15, -0.1) is 0 Å². The molecule has 66 valence electrons. The molecule has 2 N–H and O–H groups in total. The maximum Gasteiger partial charge on any atom is 0.354 e. The molecular formula is C9H8N2O2. The molecule has 2 rings (SSSR count). The monoisotopic (exact) mass is 176 g/mol. The molecule has 0 aliphatic rings. The Labute approximate surface area is 74.2 Å². The Morgan fingerprint density at radius 1 is 1.62 bits per heavy atom. The van der Waals surface area contributed by atoms with Crippen LogP contribution in [-0.2, 0) is 0 Å². The summed E-state index contributed by atoms with van der Waals surface area (Å²) in [4.78, 5) is 17.5. The fraction of sp³-hybridized carbons (Fsp3) is 0.111. The molecule has 0 amide bonds. The van der Waals surface area contributed by atoms with E-state index in [0.717, 1.165) is 10.9 Å². The van der Waals surface area contributed by atoms with Gasteiger partial charge in [-0.05, 0) is 13.0 Å². The minimum absolute atomic E-state index is 0.106. The molecule has 0 bridgehead atoms. The number of aromatic nitrogens is 2. The largest absolute Gasteiger partial charge is 0.477 e. The zero-order chi connectivity index (χ0) is 9.42. The van der Waals surface area contributed by atoms with Gasteiger partial charge in [-0.25, -0.2) is 9.78 Å². The quantitative estimate of drug-likeness (QED) is 0.693. The van der Waals surface area contributed by atoms with Crippen LogP contribution in [0.2, 0.25) is 0 Å². The molecule has 0 spiro atoms. The SMILES string of the molecule is Cc1c(C(=O)O)ncc2cc[nH]c12. The highest BCUT2D eigenvalue weighted by molar-refractivity contribution is 5.93. The second kappa shape index (κ2) is 2.58. The number of nitrogens with zero attached hydrogens (tertiary/aromatic N) is 1. The van der Waals surface area contributed by atoms with Crippen LogP contribution in [0, 0.1) is 6.92 Å². The lowest BCUT2D eigenvalue weighted by Crippen LogP contribution is -2.03. The Morgan fingerprint density at radius 3 is 3.08 bits per heavy atom. The number of aromatic carboxylic acids is 1. The topological polar surface area (TPSA) is 66.0 Å². The van der Waals surface area contributed by atoms with Crippen LogP contribution < -0.4 is 0 Å². The van der Waals surface area contributed by atoms with Crippen molar-refractivity contribution in [3.05, 3.63) is 29.7 Å². The van der Waals surface area contributed by atoms with Crippen LogP contribution in [0.3, 0.4) is 0 Å². The van der Waals surface area contributed by atoms with E-state index in [1.807, 2.05) is 6.07 Å². The van der Waals surface area contributed by atoms with Crippen LogP contribution in [-0.4, -0.2) is 21.0 Å². The maximum atomic E-state index is 10.7. The number of carboxylic acid groups (broad SMARTS) is 1. The predicted octanol–water partition coefficient (Wildman–Crippen LogP) is 1.57. The van der Waals surface area contributed by atoms with Gasteiger partial charge in [0.15, 0.2) is 5.69 Å². The Bertz CT molecular complexity index is 473. The van der Waals surface area contributed by atoms with Crippen LogP contribution in [0.5, 0.6) is 0 Å². The van der Waals surface area contributed by atoms with Gasteiger partial charge in [0, 0.05) is 23.3 Å². The van der Waals surface area contributed by atoms with Crippen molar-refractivity contribution in [3.8, 4) is 0 Å². The third-order valence-corrected chi connectivity index (χ3v) is 2.04. The van der Waals surface area contributed by atoms with Gasteiger partial charge < -0.3 is 10.1 Å². The van der Waals surface area contributed by atoms with Crippen LogP contribution in [0.1, 0.15) is 16.1 Å². The number of aryl methyl sites for hydroxylation is 1. The maximum absolute atomic E-state index is 10.7. The van der Waals surface area contributed by atoms with Crippen molar-refractivity contribution in [2.45, 2.75) is 6.92 Å². The van der Waals surface area contributed by atoms with E-state index in [9.17, 15) is 4.79 Å². The van der Waals surface area contributed by atoms with Gasteiger partial charge >= 0.3 is 5.97 Å². The number of H-pyrrole nitrogens is 1. The molecule has 0 aliphatic heterocycles. The summed E-state index contributed by atoms with van der Waals surface area (Å²) in [7, 11) is 0. The summed E-state index contributed by atoms with van der Waals surface area (Å²) >= 11 is 0. The van der Waals surface area contributed by atoms with Gasteiger partial charge in [0.25, 0.3) is 0 Å². The molecule has 13 heavy (non-hydrogen) atoms. The molecule has 0 aliphatic carbocycles. The van der Waals surface area contributed by atoms with Gasteiger partial charge in [-0.2, -0.15) is 0 Å². The van der Waals surface area contributed by atoms with E-state index in [0.29, 0.717) is 5.56 Å². The Hall–Kier alpha value is -1.84. The smallest absolute Gasteiger partial charge is 0.354 e. The molecule has 0 radical (unpaired) electrons. The number of nitrogens with one attached hydrogen (secondary N) is 1. The molecule has 0 saturated carbocycles. The van der Waals surface area contributed by atoms with E-state index in [1.165, 1.54) is 0 Å². The Balaban J connectivity index is 2.80. The van der Waals surface area contributed by atoms with Crippen LogP contribution >= 0.6 is 0 Å². The number of fused-ring (bicyclic) bond motifs is 1. The number of rotatable bonds is 1. The molecule has 0 saturated heterocycles. The van der Waals surface area contributed by atoms with E-state index in [2.05, 4.69) is 9.97 Å². The molecule has 2 heterocycles. The minimum atomic E-state index is -0.992. The summed E-state index contributed by atoms with van der Waals surface area (Å²) in [5.74, 6) is -0.992. The first kappa shape index (κ1) is 7.79. The average Bonchev–Trinajstić information content (AvgIpc) is 2.52. The van der Waals surface area contributed by atoms with E-state index < -0.39 is 5.97 Å². The van der Waals surface area contributed by atoms with Crippen LogP contribution in [0.25, 0.3) is 10.9 Å². The first-order valence-corrected chi connectivity index (χ1v) is 3.86. The summed E-state index contributed by atoms with van der Waals surface area (Å²) in [6.07, 6.45) is 3.33. The molecule has 0 unspecified atom stereocenters. The second-order valence-electron chi connectivity index (χ2n) is 2.84. The van der Waals surface area contributed by atoms with Crippen molar-refractivity contribution in [1.29, 1.82) is 0 Å². The van der Waals surface area contributed by atoms with Crippen molar-refractivity contribution in [2.75, 3.05) is 0 Å². The molecule has 0 aromatic carbocycles. The van der Waals surface area contributed by atoms with Crippen molar-refractivity contribution in [2.24, 2.45) is 0 Å². The van der Waals surface area contributed by atoms with Crippen molar-refractivity contribution in [1.82, 2.24) is 9.97 Å². The lowest BCUT2D eigenvalue weighted by molar-refractivity contribution is 0.0690. The number of pyridine rings is 1. The molecule has 2 aromatic rings. The van der Waals surface area contributed by atoms with E-state index in [1.54, 1.807) is 19.3 Å². The summed E-state index contributed by atoms with van der Waals surface area (Å²) in [6.45, 7) is 1.75. The first-order chi connectivity index (χ1) is 6.20. The van der Waals surface area contributed by atoms with Crippen molar-refractivity contribution < 1.29 is 9.90 Å². The number of carbonyl (C=O) groups is 1. The second-order valence-corrected chi connectivity index (χ2v) is 2.84. The zero-order valence-electron chi connectivity index (χ0n) is 7.03. The summed E-state index contributed by atoms with van der Waals surface area (Å²) < 4.78 is 0. The lowest BCUT2D eigenvalue weighted by atomic mass is 10.1. The van der Waals surface area contributed by atoms with E-state index in [-0.39, 0.29) is 5.69 Å². The highest BCUT2D eigenvalue weighted by atomic mass is 16.4. The number of hydrogen-bond donors (Lipinski definition) is 2. The summed E-state index contributed by atoms with van der Waals surface area (Å²) in [5.41, 5.74) is 1.62. The van der Waals surface area contributed by atoms with Gasteiger partial charge in [0.1, 0.15) is 0 Å². The first-order valence-electron chi connectivity index (χ1n) is 3.86. The molecule has 0 atom stereocenters. The lowest BCUT2D eigenvalue weighted by Gasteiger charge is -1.99. The Morgan fingerprint density at radius 2 is 2.38 bits per heavy atom. The van der Waals surface area contributed by atoms with E-state index in [4.69, 9.17) is 5.11 Å². The minimum Gasteiger partial charge on any atom is -0.477 e. The third kappa shape index (κ3) is 1.07. The fourth-order valence-electron chi connectivity index (χ4n) is 1.38. The molecule has 2 aromatic heterocycles. The third-order valence-electron chi connectivity index (χ3n) is 2.04. The van der Waals surface area contributed by atoms with Gasteiger partial charge in [-0.1, -0.05) is 0 Å². The van der Waals surface area contributed by atoms with Gasteiger partial charge in [-0.3, -0.25) is 0 Å². The zero-order valence-corrected chi connectivity index (χ0v) is 7.03. The summed E-state index contributed by atoms with van der Waals surface area (Å²) in [6, 6.07) is 1.86. The van der Waals surface area contributed by atoms with Gasteiger partial charge in [0.05, 0.1) is 5.52 Å². The predicted molar refractivity (Wildman–Crippen MR) is 47.8 cm³/mol. The highest BCUT2D eigenvalue weighted by Gasteiger charge is 2.11. The standard InChI is InChI=1S/C9H8N2O2/c1-5-7-6(2-3-10-7)4-11-8(5)9(12)13/h2-4,10H,1H3,(H,12,13). The number of carboxylic acids is 1. The number of hydrogen-bond acceptors (Lipinski definition) is 2. The van der Waals surface area contributed by atoms with E-state index >= 15 is 0 Å². The number of aromatic amines is 1. The fourth-order valence-corrected chi connectivity index (χ4v) is 1.38. The molecule has 4 nitrogen and oxygen atoms in total. The molecular weight excluding hydrogens is 168 g/mol. The Kier molecular flexibility index (Phi) is 1.55. The molecule has 0 fully saturated rings. The van der Waals surface area contributed by atoms with Crippen molar-refractivity contribution in [3.63, 3.8) is 0 Å². The van der Waals surface area contributed by atoms with Crippen molar-refractivity contribution >= 4 is 16.9 Å². The highest BCUT2D eigenvalue weighted by Crippen LogP contribution is 2.17. The van der Waals surface area contributed by atoms with Crippen LogP contribution in [0.4, 0.5) is 0 Å². The average molecular weight is 176 g/mol. The normalized spacial score (nSPS) is 10.5. The van der Waals surface area contributed by atoms with Crippen LogP contribution in [0.15, 0.2) is 18.5 Å².